The Morgan fingerprint density at radius 3 is 2.72 bits per heavy atom. The van der Waals surface area contributed by atoms with E-state index in [1.54, 1.807) is 7.11 Å². The number of aromatic nitrogens is 2. The van der Waals surface area contributed by atoms with Gasteiger partial charge in [0.2, 0.25) is 0 Å². The van der Waals surface area contributed by atoms with E-state index >= 15 is 0 Å². The molecule has 0 aliphatic heterocycles. The van der Waals surface area contributed by atoms with Crippen LogP contribution in [0.25, 0.3) is 0 Å². The smallest absolute Gasteiger partial charge is 0.161 e. The minimum atomic E-state index is 0.317. The third-order valence-electron chi connectivity index (χ3n) is 4.29. The molecule has 1 aliphatic rings. The summed E-state index contributed by atoms with van der Waals surface area (Å²) in [6.07, 6.45) is 7.03. The molecule has 0 aromatic carbocycles. The normalized spacial score (nSPS) is 20.0. The summed E-state index contributed by atoms with van der Waals surface area (Å²) in [5.41, 5.74) is 1.50. The van der Waals surface area contributed by atoms with Crippen molar-refractivity contribution in [3.63, 3.8) is 0 Å². The molecule has 2 rings (SSSR count). The summed E-state index contributed by atoms with van der Waals surface area (Å²) < 4.78 is 7.43. The first-order valence-corrected chi connectivity index (χ1v) is 6.91. The average molecular weight is 251 g/mol. The van der Waals surface area contributed by atoms with Crippen LogP contribution in [-0.4, -0.2) is 23.4 Å². The standard InChI is InChI=1S/C14H25N3O/c1-5-15-13(14(2)8-6-7-9-14)12-11(18-4)10-16-17(12)3/h10,13,15H,5-9H2,1-4H3. The number of aryl methyl sites for hydroxylation is 1. The van der Waals surface area contributed by atoms with Crippen LogP contribution in [-0.2, 0) is 7.05 Å². The third kappa shape index (κ3) is 2.26. The predicted octanol–water partition coefficient (Wildman–Crippen LogP) is 2.66. The van der Waals surface area contributed by atoms with Crippen LogP contribution >= 0.6 is 0 Å². The van der Waals surface area contributed by atoms with Crippen molar-refractivity contribution in [2.75, 3.05) is 13.7 Å². The van der Waals surface area contributed by atoms with Crippen LogP contribution in [0.5, 0.6) is 5.75 Å². The molecule has 1 unspecified atom stereocenters. The molecule has 1 aromatic rings. The maximum Gasteiger partial charge on any atom is 0.161 e. The van der Waals surface area contributed by atoms with Gasteiger partial charge in [-0.15, -0.1) is 0 Å². The summed E-state index contributed by atoms with van der Waals surface area (Å²) >= 11 is 0. The Hall–Kier alpha value is -1.03. The second-order valence-corrected chi connectivity index (χ2v) is 5.57. The van der Waals surface area contributed by atoms with Gasteiger partial charge in [-0.05, 0) is 24.8 Å². The number of rotatable bonds is 5. The monoisotopic (exact) mass is 251 g/mol. The van der Waals surface area contributed by atoms with Gasteiger partial charge in [0.1, 0.15) is 0 Å². The largest absolute Gasteiger partial charge is 0.493 e. The summed E-state index contributed by atoms with van der Waals surface area (Å²) in [4.78, 5) is 0. The number of hydrogen-bond acceptors (Lipinski definition) is 3. The van der Waals surface area contributed by atoms with Crippen molar-refractivity contribution in [3.05, 3.63) is 11.9 Å². The number of methoxy groups -OCH3 is 1. The molecule has 1 N–H and O–H groups in total. The summed E-state index contributed by atoms with van der Waals surface area (Å²) in [5.74, 6) is 0.900. The van der Waals surface area contributed by atoms with E-state index in [-0.39, 0.29) is 0 Å². The predicted molar refractivity (Wildman–Crippen MR) is 72.8 cm³/mol. The molecule has 0 radical (unpaired) electrons. The number of nitrogens with zero attached hydrogens (tertiary/aromatic N) is 2. The van der Waals surface area contributed by atoms with Crippen molar-refractivity contribution in [2.45, 2.75) is 45.6 Å². The van der Waals surface area contributed by atoms with Crippen LogP contribution in [0, 0.1) is 5.41 Å². The molecule has 0 spiro atoms. The quantitative estimate of drug-likeness (QED) is 0.874. The Bertz CT molecular complexity index is 394. The van der Waals surface area contributed by atoms with Gasteiger partial charge < -0.3 is 10.1 Å². The van der Waals surface area contributed by atoms with Gasteiger partial charge >= 0.3 is 0 Å². The van der Waals surface area contributed by atoms with Crippen molar-refractivity contribution in [3.8, 4) is 5.75 Å². The Labute approximate surface area is 110 Å². The van der Waals surface area contributed by atoms with Crippen molar-refractivity contribution < 1.29 is 4.74 Å². The lowest BCUT2D eigenvalue weighted by molar-refractivity contribution is 0.212. The highest BCUT2D eigenvalue weighted by Crippen LogP contribution is 2.48. The molecule has 4 nitrogen and oxygen atoms in total. The first-order chi connectivity index (χ1) is 8.62. The average Bonchev–Trinajstić information content (AvgIpc) is 2.94. The topological polar surface area (TPSA) is 39.1 Å². The highest BCUT2D eigenvalue weighted by Gasteiger charge is 2.40. The second kappa shape index (κ2) is 5.31. The van der Waals surface area contributed by atoms with Crippen LogP contribution in [0.15, 0.2) is 6.20 Å². The molecule has 1 heterocycles. The molecule has 1 aromatic heterocycles. The molecule has 1 saturated carbocycles. The van der Waals surface area contributed by atoms with Crippen molar-refractivity contribution in [1.82, 2.24) is 15.1 Å². The molecule has 102 valence electrons. The molecule has 1 aliphatic carbocycles. The maximum atomic E-state index is 5.47. The van der Waals surface area contributed by atoms with E-state index in [0.29, 0.717) is 11.5 Å². The van der Waals surface area contributed by atoms with E-state index < -0.39 is 0 Å². The number of ether oxygens (including phenoxy) is 1. The summed E-state index contributed by atoms with van der Waals surface area (Å²) in [6, 6.07) is 0.326. The zero-order valence-electron chi connectivity index (χ0n) is 12.0. The first kappa shape index (κ1) is 13.4. The van der Waals surface area contributed by atoms with Crippen molar-refractivity contribution >= 4 is 0 Å². The van der Waals surface area contributed by atoms with E-state index in [1.807, 2.05) is 17.9 Å². The first-order valence-electron chi connectivity index (χ1n) is 6.91. The number of hydrogen-bond donors (Lipinski definition) is 1. The lowest BCUT2D eigenvalue weighted by Crippen LogP contribution is -2.36. The van der Waals surface area contributed by atoms with Gasteiger partial charge in [-0.2, -0.15) is 5.10 Å². The fraction of sp³-hybridized carbons (Fsp3) is 0.786. The van der Waals surface area contributed by atoms with E-state index in [2.05, 4.69) is 24.3 Å². The lowest BCUT2D eigenvalue weighted by Gasteiger charge is -2.35. The van der Waals surface area contributed by atoms with Crippen molar-refractivity contribution in [1.29, 1.82) is 0 Å². The van der Waals surface area contributed by atoms with Crippen LogP contribution in [0.4, 0.5) is 0 Å². The minimum absolute atomic E-state index is 0.317. The fourth-order valence-corrected chi connectivity index (χ4v) is 3.26. The molecule has 1 atom stereocenters. The summed E-state index contributed by atoms with van der Waals surface area (Å²) in [7, 11) is 3.72. The Kier molecular flexibility index (Phi) is 3.95. The highest BCUT2D eigenvalue weighted by molar-refractivity contribution is 5.30. The van der Waals surface area contributed by atoms with E-state index in [1.165, 1.54) is 31.4 Å². The van der Waals surface area contributed by atoms with E-state index in [0.717, 1.165) is 12.3 Å². The zero-order valence-corrected chi connectivity index (χ0v) is 12.0. The van der Waals surface area contributed by atoms with Gasteiger partial charge in [0, 0.05) is 7.05 Å². The fourth-order valence-electron chi connectivity index (χ4n) is 3.26. The van der Waals surface area contributed by atoms with E-state index in [4.69, 9.17) is 4.74 Å². The van der Waals surface area contributed by atoms with Gasteiger partial charge in [-0.3, -0.25) is 4.68 Å². The Morgan fingerprint density at radius 2 is 2.17 bits per heavy atom. The van der Waals surface area contributed by atoms with Gasteiger partial charge in [0.25, 0.3) is 0 Å². The van der Waals surface area contributed by atoms with Crippen LogP contribution in [0.1, 0.15) is 51.3 Å². The Balaban J connectivity index is 2.37. The van der Waals surface area contributed by atoms with Crippen LogP contribution in [0.2, 0.25) is 0 Å². The van der Waals surface area contributed by atoms with Gasteiger partial charge in [-0.1, -0.05) is 26.7 Å². The molecule has 0 amide bonds. The summed E-state index contributed by atoms with van der Waals surface area (Å²) in [5, 5.41) is 7.99. The van der Waals surface area contributed by atoms with E-state index in [9.17, 15) is 0 Å². The molecule has 0 bridgehead atoms. The number of nitrogens with one attached hydrogen (secondary N) is 1. The molecule has 4 heteroatoms. The molecular weight excluding hydrogens is 226 g/mol. The van der Waals surface area contributed by atoms with Gasteiger partial charge in [0.15, 0.2) is 5.75 Å². The zero-order chi connectivity index (χ0) is 13.2. The summed E-state index contributed by atoms with van der Waals surface area (Å²) in [6.45, 7) is 5.52. The highest BCUT2D eigenvalue weighted by atomic mass is 16.5. The van der Waals surface area contributed by atoms with Crippen LogP contribution < -0.4 is 10.1 Å². The molecular formula is C14H25N3O. The molecule has 18 heavy (non-hydrogen) atoms. The Morgan fingerprint density at radius 1 is 1.50 bits per heavy atom. The minimum Gasteiger partial charge on any atom is -0.493 e. The second-order valence-electron chi connectivity index (χ2n) is 5.57. The third-order valence-corrected chi connectivity index (χ3v) is 4.29. The molecule has 0 saturated heterocycles. The lowest BCUT2D eigenvalue weighted by atomic mass is 9.78. The maximum absolute atomic E-state index is 5.47. The van der Waals surface area contributed by atoms with Crippen molar-refractivity contribution in [2.24, 2.45) is 12.5 Å². The SMILES string of the molecule is CCNC(c1c(OC)cnn1C)C1(C)CCCC1. The van der Waals surface area contributed by atoms with Gasteiger partial charge in [-0.25, -0.2) is 0 Å². The van der Waals surface area contributed by atoms with Gasteiger partial charge in [0.05, 0.1) is 25.0 Å². The molecule has 1 fully saturated rings. The van der Waals surface area contributed by atoms with Crippen LogP contribution in [0.3, 0.4) is 0 Å².